The summed E-state index contributed by atoms with van der Waals surface area (Å²) >= 11 is 0. The van der Waals surface area contributed by atoms with E-state index in [1.165, 1.54) is 18.2 Å². The number of aromatic hydroxyl groups is 1. The van der Waals surface area contributed by atoms with Gasteiger partial charge in [0.05, 0.1) is 11.3 Å². The van der Waals surface area contributed by atoms with Crippen LogP contribution in [0, 0.1) is 22.0 Å². The Balaban J connectivity index is 2.19. The molecule has 1 aromatic carbocycles. The van der Waals surface area contributed by atoms with Gasteiger partial charge >= 0.3 is 0 Å². The quantitative estimate of drug-likeness (QED) is 0.305. The van der Waals surface area contributed by atoms with Crippen molar-refractivity contribution in [1.29, 1.82) is 16.2 Å². The van der Waals surface area contributed by atoms with E-state index in [2.05, 4.69) is 33.0 Å². The topological polar surface area (TPSA) is 133 Å². The van der Waals surface area contributed by atoms with Crippen molar-refractivity contribution in [2.45, 2.75) is 57.7 Å². The van der Waals surface area contributed by atoms with Gasteiger partial charge in [-0.25, -0.2) is 4.39 Å². The Bertz CT molecular complexity index is 908. The molecule has 0 saturated carbocycles. The van der Waals surface area contributed by atoms with E-state index in [1.807, 2.05) is 11.9 Å². The number of allylic oxidation sites excluding steroid dienone is 2. The molecular formula is C23H33FN6O. The lowest BCUT2D eigenvalue weighted by Gasteiger charge is -2.49. The first-order valence-electron chi connectivity index (χ1n) is 10.1. The molecule has 7 nitrogen and oxygen atoms in total. The van der Waals surface area contributed by atoms with Crippen molar-refractivity contribution in [3.8, 4) is 5.75 Å². The van der Waals surface area contributed by atoms with Crippen LogP contribution in [0.2, 0.25) is 0 Å². The summed E-state index contributed by atoms with van der Waals surface area (Å²) in [6, 6.07) is 2.53. The maximum absolute atomic E-state index is 14.6. The molecule has 1 fully saturated rings. The molecule has 0 unspecified atom stereocenters. The van der Waals surface area contributed by atoms with Crippen LogP contribution in [-0.2, 0) is 0 Å². The average molecular weight is 429 g/mol. The molecule has 0 atom stereocenters. The molecule has 0 radical (unpaired) electrons. The average Bonchev–Trinajstić information content (AvgIpc) is 2.63. The van der Waals surface area contributed by atoms with Crippen LogP contribution in [0.15, 0.2) is 30.5 Å². The summed E-state index contributed by atoms with van der Waals surface area (Å²) < 4.78 is 14.6. The van der Waals surface area contributed by atoms with Crippen molar-refractivity contribution < 1.29 is 9.50 Å². The SMILES string of the molecule is CN(C(=N)/C=C\C(=N)c1c(O)cc(/C(C=N)=C/N)cc1F)C1CC(C)(C)NC(C)(C)C1. The number of phenols is 1. The molecule has 2 rings (SSSR count). The fourth-order valence-corrected chi connectivity index (χ4v) is 4.36. The zero-order valence-corrected chi connectivity index (χ0v) is 18.8. The number of phenolic OH excluding ortho intramolecular Hbond substituents is 1. The zero-order valence-electron chi connectivity index (χ0n) is 18.8. The molecule has 0 bridgehead atoms. The van der Waals surface area contributed by atoms with Gasteiger partial charge in [0.2, 0.25) is 0 Å². The van der Waals surface area contributed by atoms with Crippen molar-refractivity contribution in [2.24, 2.45) is 5.73 Å². The molecular weight excluding hydrogens is 395 g/mol. The molecule has 1 aromatic rings. The van der Waals surface area contributed by atoms with Gasteiger partial charge in [0.15, 0.2) is 0 Å². The third kappa shape index (κ3) is 5.79. The van der Waals surface area contributed by atoms with Crippen LogP contribution in [0.1, 0.15) is 51.7 Å². The minimum Gasteiger partial charge on any atom is -0.507 e. The van der Waals surface area contributed by atoms with Gasteiger partial charge in [-0.1, -0.05) is 0 Å². The fraction of sp³-hybridized carbons (Fsp3) is 0.435. The van der Waals surface area contributed by atoms with E-state index in [0.29, 0.717) is 0 Å². The summed E-state index contributed by atoms with van der Waals surface area (Å²) in [5, 5.41) is 37.8. The van der Waals surface area contributed by atoms with E-state index in [1.54, 1.807) is 0 Å². The van der Waals surface area contributed by atoms with Crippen LogP contribution in [-0.4, -0.2) is 51.9 Å². The normalized spacial score (nSPS) is 18.7. The molecule has 7 N–H and O–H groups in total. The number of piperidine rings is 1. The van der Waals surface area contributed by atoms with Crippen LogP contribution >= 0.6 is 0 Å². The third-order valence-electron chi connectivity index (χ3n) is 5.51. The number of hydrogen-bond acceptors (Lipinski definition) is 6. The maximum Gasteiger partial charge on any atom is 0.136 e. The number of rotatable bonds is 6. The van der Waals surface area contributed by atoms with Crippen LogP contribution in [0.5, 0.6) is 5.75 Å². The van der Waals surface area contributed by atoms with E-state index in [4.69, 9.17) is 22.0 Å². The van der Waals surface area contributed by atoms with Gasteiger partial charge in [-0.05, 0) is 70.4 Å². The highest BCUT2D eigenvalue weighted by atomic mass is 19.1. The monoisotopic (exact) mass is 428 g/mol. The largest absolute Gasteiger partial charge is 0.507 e. The highest BCUT2D eigenvalue weighted by Gasteiger charge is 2.39. The third-order valence-corrected chi connectivity index (χ3v) is 5.51. The lowest BCUT2D eigenvalue weighted by atomic mass is 9.79. The van der Waals surface area contributed by atoms with Gasteiger partial charge in [0, 0.05) is 42.2 Å². The Labute approximate surface area is 183 Å². The van der Waals surface area contributed by atoms with E-state index >= 15 is 0 Å². The first-order chi connectivity index (χ1) is 14.3. The highest BCUT2D eigenvalue weighted by molar-refractivity contribution is 6.12. The summed E-state index contributed by atoms with van der Waals surface area (Å²) in [7, 11) is 1.85. The number of hydrogen-bond donors (Lipinski definition) is 6. The van der Waals surface area contributed by atoms with Crippen molar-refractivity contribution in [1.82, 2.24) is 10.2 Å². The summed E-state index contributed by atoms with van der Waals surface area (Å²) in [5.74, 6) is -1.02. The lowest BCUT2D eigenvalue weighted by molar-refractivity contribution is 0.114. The molecule has 0 aromatic heterocycles. The molecule has 1 saturated heterocycles. The van der Waals surface area contributed by atoms with E-state index in [-0.39, 0.29) is 45.4 Å². The Hall–Kier alpha value is -3.00. The summed E-state index contributed by atoms with van der Waals surface area (Å²) in [4.78, 5) is 1.87. The van der Waals surface area contributed by atoms with Gasteiger partial charge in [-0.2, -0.15) is 0 Å². The van der Waals surface area contributed by atoms with E-state index in [0.717, 1.165) is 31.3 Å². The van der Waals surface area contributed by atoms with Gasteiger partial charge < -0.3 is 31.9 Å². The van der Waals surface area contributed by atoms with Gasteiger partial charge in [0.25, 0.3) is 0 Å². The molecule has 0 amide bonds. The first-order valence-corrected chi connectivity index (χ1v) is 10.1. The predicted molar refractivity (Wildman–Crippen MR) is 125 cm³/mol. The Morgan fingerprint density at radius 3 is 2.26 bits per heavy atom. The minimum atomic E-state index is -0.799. The second-order valence-corrected chi connectivity index (χ2v) is 9.32. The Morgan fingerprint density at radius 2 is 1.77 bits per heavy atom. The molecule has 0 aliphatic carbocycles. The van der Waals surface area contributed by atoms with E-state index in [9.17, 15) is 9.50 Å². The van der Waals surface area contributed by atoms with Gasteiger partial charge in [0.1, 0.15) is 17.4 Å². The zero-order chi connectivity index (χ0) is 23.6. The van der Waals surface area contributed by atoms with Crippen molar-refractivity contribution in [3.05, 3.63) is 47.4 Å². The number of benzene rings is 1. The van der Waals surface area contributed by atoms with Crippen LogP contribution < -0.4 is 11.1 Å². The Morgan fingerprint density at radius 1 is 1.19 bits per heavy atom. The number of likely N-dealkylation sites (N-methyl/N-ethyl adjacent to an activating group) is 1. The molecule has 31 heavy (non-hydrogen) atoms. The molecule has 1 aliphatic heterocycles. The standard InChI is InChI=1S/C23H33FN6O/c1-22(2)10-16(11-23(3,4)29-22)30(5)20(28)7-6-18(27)21-17(24)8-14(9-19(21)31)15(12-25)13-26/h6-9,12-13,16,25,27-29,31H,10-11,26H2,1-5H3/b7-6-,15-13+,25-12?,27-18?,28-20?. The van der Waals surface area contributed by atoms with Crippen molar-refractivity contribution >= 4 is 23.3 Å². The van der Waals surface area contributed by atoms with Crippen LogP contribution in [0.4, 0.5) is 4.39 Å². The first kappa shape index (κ1) is 24.3. The van der Waals surface area contributed by atoms with Crippen molar-refractivity contribution in [3.63, 3.8) is 0 Å². The van der Waals surface area contributed by atoms with Gasteiger partial charge in [-0.3, -0.25) is 5.41 Å². The second-order valence-electron chi connectivity index (χ2n) is 9.32. The number of nitrogens with one attached hydrogen (secondary N) is 4. The predicted octanol–water partition coefficient (Wildman–Crippen LogP) is 3.62. The number of nitrogens with zero attached hydrogens (tertiary/aromatic N) is 1. The number of amidine groups is 1. The summed E-state index contributed by atoms with van der Waals surface area (Å²) in [6.45, 7) is 8.57. The molecule has 8 heteroatoms. The smallest absolute Gasteiger partial charge is 0.136 e. The summed E-state index contributed by atoms with van der Waals surface area (Å²) in [6.07, 6.45) is 6.58. The second kappa shape index (κ2) is 9.01. The fourth-order valence-electron chi connectivity index (χ4n) is 4.36. The van der Waals surface area contributed by atoms with Crippen LogP contribution in [0.3, 0.4) is 0 Å². The maximum atomic E-state index is 14.6. The highest BCUT2D eigenvalue weighted by Crippen LogP contribution is 2.31. The summed E-state index contributed by atoms with van der Waals surface area (Å²) in [5.41, 5.74) is 5.26. The molecule has 1 aliphatic rings. The number of nitrogens with two attached hydrogens (primary N) is 1. The van der Waals surface area contributed by atoms with Gasteiger partial charge in [-0.15, -0.1) is 0 Å². The molecule has 0 spiro atoms. The van der Waals surface area contributed by atoms with Crippen LogP contribution in [0.25, 0.3) is 5.57 Å². The number of halogens is 1. The molecule has 1 heterocycles. The minimum absolute atomic E-state index is 0.0681. The molecule has 168 valence electrons. The van der Waals surface area contributed by atoms with E-state index < -0.39 is 11.6 Å². The Kier molecular flexibility index (Phi) is 7.06. The van der Waals surface area contributed by atoms with Crippen molar-refractivity contribution in [2.75, 3.05) is 7.05 Å². The lowest BCUT2D eigenvalue weighted by Crippen LogP contribution is -2.62.